The lowest BCUT2D eigenvalue weighted by Crippen LogP contribution is -1.93. The fourth-order valence-corrected chi connectivity index (χ4v) is 1.83. The highest BCUT2D eigenvalue weighted by Crippen LogP contribution is 2.20. The van der Waals surface area contributed by atoms with Crippen molar-refractivity contribution in [2.75, 3.05) is 17.7 Å². The summed E-state index contributed by atoms with van der Waals surface area (Å²) in [5.74, 6) is 1.19. The minimum Gasteiger partial charge on any atom is -0.358 e. The van der Waals surface area contributed by atoms with Crippen LogP contribution in [0.15, 0.2) is 42.5 Å². The lowest BCUT2D eigenvalue weighted by Gasteiger charge is -2.03. The number of benzene rings is 2. The maximum atomic E-state index is 4.22. The van der Waals surface area contributed by atoms with Crippen molar-refractivity contribution in [3.8, 4) is 0 Å². The zero-order chi connectivity index (χ0) is 12.4. The van der Waals surface area contributed by atoms with Crippen LogP contribution in [0.25, 0.3) is 10.8 Å². The van der Waals surface area contributed by atoms with Crippen LogP contribution in [0, 0.1) is 0 Å². The molecule has 0 aliphatic heterocycles. The molecule has 0 aliphatic rings. The Morgan fingerprint density at radius 1 is 1.06 bits per heavy atom. The van der Waals surface area contributed by atoms with Gasteiger partial charge in [-0.05, 0) is 22.9 Å². The van der Waals surface area contributed by atoms with Crippen molar-refractivity contribution in [1.29, 1.82) is 0 Å². The molecular formula is C13H13N5. The monoisotopic (exact) mass is 239 g/mol. The molecule has 1 aromatic heterocycles. The van der Waals surface area contributed by atoms with Gasteiger partial charge in [0.25, 0.3) is 0 Å². The SMILES string of the molecule is CNc1nc(Nc2ccc3ccccc3c2)n[nH]1. The molecule has 0 amide bonds. The Morgan fingerprint density at radius 2 is 1.89 bits per heavy atom. The van der Waals surface area contributed by atoms with Gasteiger partial charge in [0.15, 0.2) is 0 Å². The molecule has 5 heteroatoms. The van der Waals surface area contributed by atoms with Crippen LogP contribution in [-0.2, 0) is 0 Å². The normalized spacial score (nSPS) is 10.5. The summed E-state index contributed by atoms with van der Waals surface area (Å²) < 4.78 is 0. The van der Waals surface area contributed by atoms with Crippen molar-refractivity contribution in [2.45, 2.75) is 0 Å². The third kappa shape index (κ3) is 1.98. The Labute approximate surface area is 104 Å². The zero-order valence-electron chi connectivity index (χ0n) is 9.94. The summed E-state index contributed by atoms with van der Waals surface area (Å²) in [4.78, 5) is 4.22. The number of nitrogens with zero attached hydrogens (tertiary/aromatic N) is 2. The molecule has 0 atom stereocenters. The molecular weight excluding hydrogens is 226 g/mol. The van der Waals surface area contributed by atoms with E-state index in [4.69, 9.17) is 0 Å². The van der Waals surface area contributed by atoms with Crippen LogP contribution in [0.3, 0.4) is 0 Å². The highest BCUT2D eigenvalue weighted by Gasteiger charge is 2.02. The second-order valence-electron chi connectivity index (χ2n) is 3.94. The second kappa shape index (κ2) is 4.37. The van der Waals surface area contributed by atoms with E-state index < -0.39 is 0 Å². The highest BCUT2D eigenvalue weighted by molar-refractivity contribution is 5.86. The largest absolute Gasteiger partial charge is 0.358 e. The lowest BCUT2D eigenvalue weighted by atomic mass is 10.1. The van der Waals surface area contributed by atoms with Gasteiger partial charge in [-0.1, -0.05) is 30.3 Å². The van der Waals surface area contributed by atoms with Crippen molar-refractivity contribution >= 4 is 28.4 Å². The van der Waals surface area contributed by atoms with Crippen LogP contribution in [-0.4, -0.2) is 22.2 Å². The number of rotatable bonds is 3. The first kappa shape index (κ1) is 10.6. The smallest absolute Gasteiger partial charge is 0.248 e. The van der Waals surface area contributed by atoms with Crippen LogP contribution in [0.2, 0.25) is 0 Å². The standard InChI is InChI=1S/C13H13N5/c1-14-12-16-13(18-17-12)15-11-7-6-9-4-2-3-5-10(9)8-11/h2-8H,1H3,(H3,14,15,16,17,18). The molecule has 1 heterocycles. The van der Waals surface area contributed by atoms with Gasteiger partial charge in [0, 0.05) is 12.7 Å². The van der Waals surface area contributed by atoms with Gasteiger partial charge in [0.2, 0.25) is 11.9 Å². The molecule has 0 spiro atoms. The maximum absolute atomic E-state index is 4.22. The molecule has 0 radical (unpaired) electrons. The third-order valence-corrected chi connectivity index (χ3v) is 2.73. The van der Waals surface area contributed by atoms with E-state index >= 15 is 0 Å². The molecule has 0 saturated heterocycles. The molecule has 0 aliphatic carbocycles. The molecule has 90 valence electrons. The molecule has 0 bridgehead atoms. The van der Waals surface area contributed by atoms with E-state index in [9.17, 15) is 0 Å². The summed E-state index contributed by atoms with van der Waals surface area (Å²) in [6.45, 7) is 0. The van der Waals surface area contributed by atoms with E-state index in [2.05, 4.69) is 50.1 Å². The number of aromatic amines is 1. The average molecular weight is 239 g/mol. The first-order valence-electron chi connectivity index (χ1n) is 5.71. The van der Waals surface area contributed by atoms with Crippen molar-refractivity contribution in [2.24, 2.45) is 0 Å². The lowest BCUT2D eigenvalue weighted by molar-refractivity contribution is 1.09. The van der Waals surface area contributed by atoms with E-state index in [0.29, 0.717) is 11.9 Å². The quantitative estimate of drug-likeness (QED) is 0.657. The first-order chi connectivity index (χ1) is 8.85. The summed E-state index contributed by atoms with van der Waals surface area (Å²) in [6.07, 6.45) is 0. The van der Waals surface area contributed by atoms with E-state index in [0.717, 1.165) is 5.69 Å². The summed E-state index contributed by atoms with van der Waals surface area (Å²) >= 11 is 0. The third-order valence-electron chi connectivity index (χ3n) is 2.73. The predicted molar refractivity (Wildman–Crippen MR) is 73.2 cm³/mol. The number of hydrogen-bond donors (Lipinski definition) is 3. The fourth-order valence-electron chi connectivity index (χ4n) is 1.83. The van der Waals surface area contributed by atoms with Crippen LogP contribution >= 0.6 is 0 Å². The van der Waals surface area contributed by atoms with Crippen molar-refractivity contribution in [1.82, 2.24) is 15.2 Å². The summed E-state index contributed by atoms with van der Waals surface area (Å²) in [7, 11) is 1.79. The first-order valence-corrected chi connectivity index (χ1v) is 5.71. The summed E-state index contributed by atoms with van der Waals surface area (Å²) in [5.41, 5.74) is 0.968. The average Bonchev–Trinajstić information content (AvgIpc) is 2.86. The van der Waals surface area contributed by atoms with Gasteiger partial charge in [0.1, 0.15) is 0 Å². The predicted octanol–water partition coefficient (Wildman–Crippen LogP) is 2.74. The Kier molecular flexibility index (Phi) is 2.57. The summed E-state index contributed by atoms with van der Waals surface area (Å²) in [6, 6.07) is 14.4. The summed E-state index contributed by atoms with van der Waals surface area (Å²) in [5, 5.41) is 15.3. The van der Waals surface area contributed by atoms with Crippen LogP contribution < -0.4 is 10.6 Å². The maximum Gasteiger partial charge on any atom is 0.248 e. The minimum atomic E-state index is 0.551. The van der Waals surface area contributed by atoms with Crippen molar-refractivity contribution in [3.63, 3.8) is 0 Å². The van der Waals surface area contributed by atoms with Gasteiger partial charge < -0.3 is 10.6 Å². The molecule has 3 aromatic rings. The Bertz CT molecular complexity index is 674. The van der Waals surface area contributed by atoms with E-state index in [-0.39, 0.29) is 0 Å². The number of fused-ring (bicyclic) bond motifs is 1. The van der Waals surface area contributed by atoms with Gasteiger partial charge in [0.05, 0.1) is 0 Å². The Balaban J connectivity index is 1.90. The minimum absolute atomic E-state index is 0.551. The second-order valence-corrected chi connectivity index (χ2v) is 3.94. The number of H-pyrrole nitrogens is 1. The molecule has 0 saturated carbocycles. The molecule has 2 aromatic carbocycles. The van der Waals surface area contributed by atoms with Gasteiger partial charge in [-0.15, -0.1) is 5.10 Å². The van der Waals surface area contributed by atoms with E-state index in [1.807, 2.05) is 18.2 Å². The zero-order valence-corrected chi connectivity index (χ0v) is 9.94. The molecule has 0 unspecified atom stereocenters. The molecule has 18 heavy (non-hydrogen) atoms. The molecule has 3 rings (SSSR count). The number of aromatic nitrogens is 3. The van der Waals surface area contributed by atoms with Gasteiger partial charge in [-0.2, -0.15) is 4.98 Å². The Hall–Kier alpha value is -2.56. The number of nitrogens with one attached hydrogen (secondary N) is 3. The fraction of sp³-hybridized carbons (Fsp3) is 0.0769. The van der Waals surface area contributed by atoms with E-state index in [1.165, 1.54) is 10.8 Å². The number of anilines is 3. The molecule has 5 nitrogen and oxygen atoms in total. The Morgan fingerprint density at radius 3 is 2.67 bits per heavy atom. The van der Waals surface area contributed by atoms with Gasteiger partial charge >= 0.3 is 0 Å². The van der Waals surface area contributed by atoms with Crippen LogP contribution in [0.4, 0.5) is 17.6 Å². The topological polar surface area (TPSA) is 65.6 Å². The molecule has 0 fully saturated rings. The van der Waals surface area contributed by atoms with Crippen LogP contribution in [0.1, 0.15) is 0 Å². The highest BCUT2D eigenvalue weighted by atomic mass is 15.3. The van der Waals surface area contributed by atoms with Gasteiger partial charge in [-0.3, -0.25) is 0 Å². The van der Waals surface area contributed by atoms with Crippen molar-refractivity contribution < 1.29 is 0 Å². The van der Waals surface area contributed by atoms with Crippen molar-refractivity contribution in [3.05, 3.63) is 42.5 Å². The van der Waals surface area contributed by atoms with E-state index in [1.54, 1.807) is 7.05 Å². The van der Waals surface area contributed by atoms with Crippen LogP contribution in [0.5, 0.6) is 0 Å². The van der Waals surface area contributed by atoms with Gasteiger partial charge in [-0.25, -0.2) is 5.10 Å². The number of hydrogen-bond acceptors (Lipinski definition) is 4. The molecule has 3 N–H and O–H groups in total.